The molecule has 1 N–H and O–H groups in total. The van der Waals surface area contributed by atoms with Crippen LogP contribution in [0.3, 0.4) is 0 Å². The van der Waals surface area contributed by atoms with Gasteiger partial charge in [-0.25, -0.2) is 0 Å². The van der Waals surface area contributed by atoms with Crippen LogP contribution >= 0.6 is 15.9 Å². The Kier molecular flexibility index (Phi) is 5.65. The highest BCUT2D eigenvalue weighted by molar-refractivity contribution is 9.10. The van der Waals surface area contributed by atoms with Gasteiger partial charge in [0.05, 0.1) is 14.2 Å². The first-order valence-electron chi connectivity index (χ1n) is 6.83. The largest absolute Gasteiger partial charge is 0.497 e. The third-order valence-corrected chi connectivity index (χ3v) is 3.92. The predicted octanol–water partition coefficient (Wildman–Crippen LogP) is 4.32. The van der Waals surface area contributed by atoms with Gasteiger partial charge >= 0.3 is 0 Å². The van der Waals surface area contributed by atoms with Crippen molar-refractivity contribution in [1.82, 2.24) is 5.32 Å². The number of methoxy groups -OCH3 is 2. The molecule has 0 fully saturated rings. The maximum atomic E-state index is 5.29. The lowest BCUT2D eigenvalue weighted by molar-refractivity contribution is 0.392. The highest BCUT2D eigenvalue weighted by Crippen LogP contribution is 2.23. The first-order valence-corrected chi connectivity index (χ1v) is 7.62. The van der Waals surface area contributed by atoms with Crippen molar-refractivity contribution in [3.63, 3.8) is 0 Å². The summed E-state index contributed by atoms with van der Waals surface area (Å²) in [6, 6.07) is 14.5. The van der Waals surface area contributed by atoms with Gasteiger partial charge in [-0.05, 0) is 42.3 Å². The summed E-state index contributed by atoms with van der Waals surface area (Å²) in [5.41, 5.74) is 2.39. The zero-order chi connectivity index (χ0) is 15.2. The highest BCUT2D eigenvalue weighted by atomic mass is 79.9. The number of nitrogens with one attached hydrogen (secondary N) is 1. The summed E-state index contributed by atoms with van der Waals surface area (Å²) in [6.07, 6.45) is 0. The molecule has 2 aromatic rings. The molecule has 0 bridgehead atoms. The minimum atomic E-state index is 0.273. The highest BCUT2D eigenvalue weighted by Gasteiger charge is 2.06. The molecule has 0 heterocycles. The molecule has 0 aliphatic rings. The van der Waals surface area contributed by atoms with Gasteiger partial charge in [0.15, 0.2) is 0 Å². The van der Waals surface area contributed by atoms with E-state index in [0.29, 0.717) is 0 Å². The normalized spacial score (nSPS) is 12.0. The maximum absolute atomic E-state index is 5.29. The average Bonchev–Trinajstić information content (AvgIpc) is 2.52. The van der Waals surface area contributed by atoms with Crippen LogP contribution in [0.1, 0.15) is 24.1 Å². The Morgan fingerprint density at radius 3 is 2.10 bits per heavy atom. The maximum Gasteiger partial charge on any atom is 0.122 e. The fourth-order valence-electron chi connectivity index (χ4n) is 2.11. The number of rotatable bonds is 6. The molecule has 0 aliphatic carbocycles. The van der Waals surface area contributed by atoms with Crippen LogP contribution < -0.4 is 14.8 Å². The smallest absolute Gasteiger partial charge is 0.122 e. The monoisotopic (exact) mass is 349 g/mol. The molecule has 0 radical (unpaired) electrons. The minimum Gasteiger partial charge on any atom is -0.497 e. The molecular formula is C17H20BrNO2. The topological polar surface area (TPSA) is 30.5 Å². The fraction of sp³-hybridized carbons (Fsp3) is 0.294. The van der Waals surface area contributed by atoms with Gasteiger partial charge in [0.25, 0.3) is 0 Å². The van der Waals surface area contributed by atoms with E-state index in [9.17, 15) is 0 Å². The van der Waals surface area contributed by atoms with Crippen LogP contribution in [0.4, 0.5) is 0 Å². The van der Waals surface area contributed by atoms with Gasteiger partial charge in [0.1, 0.15) is 11.5 Å². The van der Waals surface area contributed by atoms with Crippen LogP contribution in [-0.4, -0.2) is 14.2 Å². The van der Waals surface area contributed by atoms with Crippen LogP contribution in [0.15, 0.2) is 46.9 Å². The summed E-state index contributed by atoms with van der Waals surface area (Å²) in [5, 5.41) is 3.51. The van der Waals surface area contributed by atoms with E-state index in [1.807, 2.05) is 18.2 Å². The number of benzene rings is 2. The summed E-state index contributed by atoms with van der Waals surface area (Å²) in [6.45, 7) is 2.91. The van der Waals surface area contributed by atoms with Crippen molar-refractivity contribution < 1.29 is 9.47 Å². The second-order valence-electron chi connectivity index (χ2n) is 4.88. The number of hydrogen-bond acceptors (Lipinski definition) is 3. The first kappa shape index (κ1) is 15.9. The lowest BCUT2D eigenvalue weighted by Gasteiger charge is -2.15. The van der Waals surface area contributed by atoms with Gasteiger partial charge in [-0.2, -0.15) is 0 Å². The molecule has 0 saturated heterocycles. The first-order chi connectivity index (χ1) is 10.1. The predicted molar refractivity (Wildman–Crippen MR) is 88.9 cm³/mol. The number of halogens is 1. The third kappa shape index (κ3) is 4.48. The Labute approximate surface area is 134 Å². The molecule has 2 rings (SSSR count). The van der Waals surface area contributed by atoms with Crippen molar-refractivity contribution in [2.45, 2.75) is 19.5 Å². The second-order valence-corrected chi connectivity index (χ2v) is 5.79. The van der Waals surface area contributed by atoms with E-state index in [1.165, 1.54) is 5.56 Å². The van der Waals surface area contributed by atoms with Crippen molar-refractivity contribution in [2.24, 2.45) is 0 Å². The minimum absolute atomic E-state index is 0.273. The summed E-state index contributed by atoms with van der Waals surface area (Å²) in [5.74, 6) is 1.62. The van der Waals surface area contributed by atoms with Gasteiger partial charge in [-0.1, -0.05) is 28.1 Å². The van der Waals surface area contributed by atoms with Gasteiger partial charge in [0.2, 0.25) is 0 Å². The summed E-state index contributed by atoms with van der Waals surface area (Å²) < 4.78 is 11.7. The molecule has 0 amide bonds. The third-order valence-electron chi connectivity index (χ3n) is 3.39. The molecule has 0 aromatic heterocycles. The Morgan fingerprint density at radius 2 is 1.57 bits per heavy atom. The lowest BCUT2D eigenvalue weighted by atomic mass is 10.1. The van der Waals surface area contributed by atoms with E-state index in [2.05, 4.69) is 52.4 Å². The van der Waals surface area contributed by atoms with E-state index < -0.39 is 0 Å². The Bertz CT molecular complexity index is 562. The Morgan fingerprint density at radius 1 is 1.00 bits per heavy atom. The van der Waals surface area contributed by atoms with Crippen LogP contribution in [0.2, 0.25) is 0 Å². The molecule has 1 atom stereocenters. The van der Waals surface area contributed by atoms with Gasteiger partial charge in [-0.3, -0.25) is 0 Å². The summed E-state index contributed by atoms with van der Waals surface area (Å²) in [7, 11) is 3.33. The number of hydrogen-bond donors (Lipinski definition) is 1. The lowest BCUT2D eigenvalue weighted by Crippen LogP contribution is -2.18. The molecule has 112 valence electrons. The van der Waals surface area contributed by atoms with Crippen LogP contribution in [0.5, 0.6) is 11.5 Å². The van der Waals surface area contributed by atoms with Gasteiger partial charge in [0, 0.05) is 23.1 Å². The van der Waals surface area contributed by atoms with Crippen molar-refractivity contribution in [3.05, 3.63) is 58.1 Å². The van der Waals surface area contributed by atoms with Crippen LogP contribution in [0.25, 0.3) is 0 Å². The van der Waals surface area contributed by atoms with Gasteiger partial charge < -0.3 is 14.8 Å². The average molecular weight is 350 g/mol. The quantitative estimate of drug-likeness (QED) is 0.842. The van der Waals surface area contributed by atoms with E-state index in [0.717, 1.165) is 28.1 Å². The zero-order valence-corrected chi connectivity index (χ0v) is 14.1. The molecule has 2 aromatic carbocycles. The second kappa shape index (κ2) is 7.48. The molecule has 3 nitrogen and oxygen atoms in total. The van der Waals surface area contributed by atoms with E-state index in [1.54, 1.807) is 14.2 Å². The van der Waals surface area contributed by atoms with Crippen LogP contribution in [-0.2, 0) is 6.54 Å². The van der Waals surface area contributed by atoms with Crippen molar-refractivity contribution in [1.29, 1.82) is 0 Å². The standard InChI is InChI=1S/C17H20BrNO2/c1-12(14-4-6-15(18)7-5-14)19-11-13-8-16(20-2)10-17(9-13)21-3/h4-10,12,19H,11H2,1-3H3. The number of ether oxygens (including phenoxy) is 2. The molecule has 4 heteroatoms. The summed E-state index contributed by atoms with van der Waals surface area (Å²) >= 11 is 3.45. The molecule has 21 heavy (non-hydrogen) atoms. The van der Waals surface area contributed by atoms with Gasteiger partial charge in [-0.15, -0.1) is 0 Å². The fourth-order valence-corrected chi connectivity index (χ4v) is 2.37. The Balaban J connectivity index is 2.03. The van der Waals surface area contributed by atoms with E-state index in [4.69, 9.17) is 9.47 Å². The van der Waals surface area contributed by atoms with Crippen molar-refractivity contribution >= 4 is 15.9 Å². The SMILES string of the molecule is COc1cc(CNC(C)c2ccc(Br)cc2)cc(OC)c1. The molecule has 0 spiro atoms. The molecular weight excluding hydrogens is 330 g/mol. The van der Waals surface area contributed by atoms with E-state index >= 15 is 0 Å². The summed E-state index contributed by atoms with van der Waals surface area (Å²) in [4.78, 5) is 0. The van der Waals surface area contributed by atoms with Crippen molar-refractivity contribution in [2.75, 3.05) is 14.2 Å². The molecule has 0 aliphatic heterocycles. The van der Waals surface area contributed by atoms with Crippen molar-refractivity contribution in [3.8, 4) is 11.5 Å². The van der Waals surface area contributed by atoms with E-state index in [-0.39, 0.29) is 6.04 Å². The van der Waals surface area contributed by atoms with Crippen LogP contribution in [0, 0.1) is 0 Å². The molecule has 1 unspecified atom stereocenters. The zero-order valence-electron chi connectivity index (χ0n) is 12.5. The molecule has 0 saturated carbocycles. The Hall–Kier alpha value is -1.52.